The van der Waals surface area contributed by atoms with Crippen LogP contribution in [0.5, 0.6) is 0 Å². The van der Waals surface area contributed by atoms with E-state index in [1.165, 1.54) is 0 Å². The Bertz CT molecular complexity index is 326. The number of carbonyl (C=O) groups is 1. The maximum atomic E-state index is 12.5. The van der Waals surface area contributed by atoms with Gasteiger partial charge in [0, 0.05) is 12.0 Å². The van der Waals surface area contributed by atoms with Gasteiger partial charge in [-0.25, -0.2) is 0 Å². The van der Waals surface area contributed by atoms with Gasteiger partial charge in [-0.2, -0.15) is 13.2 Å². The molecule has 0 aromatic heterocycles. The average molecular weight is 296 g/mol. The summed E-state index contributed by atoms with van der Waals surface area (Å²) in [5.41, 5.74) is -0.867. The number of piperidine rings is 1. The molecule has 0 aliphatic carbocycles. The summed E-state index contributed by atoms with van der Waals surface area (Å²) in [7, 11) is 0. The Balaban J connectivity index is 2.80. The number of nitrogens with one attached hydrogen (secondary N) is 1. The first-order chi connectivity index (χ1) is 9.18. The van der Waals surface area contributed by atoms with Gasteiger partial charge in [-0.05, 0) is 31.8 Å². The van der Waals surface area contributed by atoms with E-state index < -0.39 is 30.7 Å². The third-order valence-electron chi connectivity index (χ3n) is 3.90. The van der Waals surface area contributed by atoms with Crippen LogP contribution in [0.2, 0.25) is 0 Å². The van der Waals surface area contributed by atoms with Crippen molar-refractivity contribution in [2.45, 2.75) is 32.9 Å². The second-order valence-corrected chi connectivity index (χ2v) is 5.83. The second kappa shape index (κ2) is 6.76. The number of halogens is 3. The quantitative estimate of drug-likeness (QED) is 0.806. The summed E-state index contributed by atoms with van der Waals surface area (Å²) in [6.07, 6.45) is -2.71. The Morgan fingerprint density at radius 3 is 2.50 bits per heavy atom. The summed E-state index contributed by atoms with van der Waals surface area (Å²) in [6.45, 7) is 2.82. The average Bonchev–Trinajstić information content (AvgIpc) is 2.37. The fourth-order valence-corrected chi connectivity index (χ4v) is 2.64. The van der Waals surface area contributed by atoms with Crippen LogP contribution < -0.4 is 5.32 Å². The van der Waals surface area contributed by atoms with Crippen molar-refractivity contribution in [3.8, 4) is 0 Å². The zero-order valence-corrected chi connectivity index (χ0v) is 12.0. The minimum Gasteiger partial charge on any atom is -0.395 e. The van der Waals surface area contributed by atoms with E-state index in [2.05, 4.69) is 5.32 Å². The SMILES string of the molecule is CC(C)(C(=O)N(CCO)CC(F)(F)F)C1CCCNC1. The molecular weight excluding hydrogens is 273 g/mol. The molecule has 0 aromatic carbocycles. The molecule has 7 heteroatoms. The Hall–Kier alpha value is -0.820. The highest BCUT2D eigenvalue weighted by Gasteiger charge is 2.42. The molecule has 1 fully saturated rings. The smallest absolute Gasteiger partial charge is 0.395 e. The molecule has 118 valence electrons. The minimum absolute atomic E-state index is 0.0122. The van der Waals surface area contributed by atoms with Crippen molar-refractivity contribution in [1.82, 2.24) is 10.2 Å². The van der Waals surface area contributed by atoms with Gasteiger partial charge in [0.2, 0.25) is 5.91 Å². The van der Waals surface area contributed by atoms with Crippen LogP contribution in [0.3, 0.4) is 0 Å². The Labute approximate surface area is 117 Å². The minimum atomic E-state index is -4.45. The highest BCUT2D eigenvalue weighted by molar-refractivity contribution is 5.82. The van der Waals surface area contributed by atoms with Crippen LogP contribution in [-0.4, -0.2) is 54.9 Å². The number of nitrogens with zero attached hydrogens (tertiary/aromatic N) is 1. The van der Waals surface area contributed by atoms with E-state index in [0.717, 1.165) is 19.4 Å². The monoisotopic (exact) mass is 296 g/mol. The van der Waals surface area contributed by atoms with Gasteiger partial charge in [-0.1, -0.05) is 13.8 Å². The van der Waals surface area contributed by atoms with Crippen LogP contribution in [0.25, 0.3) is 0 Å². The van der Waals surface area contributed by atoms with E-state index in [9.17, 15) is 18.0 Å². The highest BCUT2D eigenvalue weighted by Crippen LogP contribution is 2.34. The van der Waals surface area contributed by atoms with Crippen molar-refractivity contribution in [3.63, 3.8) is 0 Å². The van der Waals surface area contributed by atoms with E-state index in [-0.39, 0.29) is 12.5 Å². The molecule has 0 aromatic rings. The molecule has 0 spiro atoms. The number of carbonyl (C=O) groups excluding carboxylic acids is 1. The largest absolute Gasteiger partial charge is 0.406 e. The summed E-state index contributed by atoms with van der Waals surface area (Å²) < 4.78 is 37.6. The fraction of sp³-hybridized carbons (Fsp3) is 0.923. The second-order valence-electron chi connectivity index (χ2n) is 5.83. The molecule has 1 amide bonds. The van der Waals surface area contributed by atoms with Gasteiger partial charge >= 0.3 is 6.18 Å². The lowest BCUT2D eigenvalue weighted by Gasteiger charge is -2.39. The van der Waals surface area contributed by atoms with Crippen LogP contribution in [0.15, 0.2) is 0 Å². The molecule has 0 radical (unpaired) electrons. The van der Waals surface area contributed by atoms with Gasteiger partial charge in [-0.15, -0.1) is 0 Å². The molecule has 1 aliphatic rings. The lowest BCUT2D eigenvalue weighted by atomic mass is 9.74. The lowest BCUT2D eigenvalue weighted by Crippen LogP contribution is -2.51. The molecule has 1 rings (SSSR count). The summed E-state index contributed by atoms with van der Waals surface area (Å²) in [6, 6.07) is 0. The normalized spacial score (nSPS) is 20.8. The third-order valence-corrected chi connectivity index (χ3v) is 3.90. The predicted octanol–water partition coefficient (Wildman–Crippen LogP) is 1.40. The van der Waals surface area contributed by atoms with Gasteiger partial charge < -0.3 is 15.3 Å². The molecule has 4 nitrogen and oxygen atoms in total. The van der Waals surface area contributed by atoms with Crippen LogP contribution in [0.1, 0.15) is 26.7 Å². The molecule has 2 N–H and O–H groups in total. The fourth-order valence-electron chi connectivity index (χ4n) is 2.64. The number of hydrogen-bond acceptors (Lipinski definition) is 3. The molecule has 1 atom stereocenters. The van der Waals surface area contributed by atoms with Crippen LogP contribution in [0, 0.1) is 11.3 Å². The van der Waals surface area contributed by atoms with Gasteiger partial charge in [0.05, 0.1) is 6.61 Å². The maximum Gasteiger partial charge on any atom is 0.406 e. The van der Waals surface area contributed by atoms with Crippen molar-refractivity contribution in [3.05, 3.63) is 0 Å². The standard InChI is InChI=1S/C13H23F3N2O2/c1-12(2,10-4-3-5-17-8-10)11(20)18(6-7-19)9-13(14,15)16/h10,17,19H,3-9H2,1-2H3. The summed E-state index contributed by atoms with van der Waals surface area (Å²) >= 11 is 0. The van der Waals surface area contributed by atoms with Crippen molar-refractivity contribution < 1.29 is 23.1 Å². The highest BCUT2D eigenvalue weighted by atomic mass is 19.4. The van der Waals surface area contributed by atoms with Crippen molar-refractivity contribution >= 4 is 5.91 Å². The van der Waals surface area contributed by atoms with Crippen LogP contribution in [0.4, 0.5) is 13.2 Å². The third kappa shape index (κ3) is 4.63. The molecule has 0 bridgehead atoms. The number of rotatable bonds is 5. The number of aliphatic hydroxyl groups excluding tert-OH is 1. The topological polar surface area (TPSA) is 52.6 Å². The Kier molecular flexibility index (Phi) is 5.82. The van der Waals surface area contributed by atoms with Gasteiger partial charge in [-0.3, -0.25) is 4.79 Å². The molecule has 1 heterocycles. The number of aliphatic hydroxyl groups is 1. The molecule has 0 saturated carbocycles. The van der Waals surface area contributed by atoms with E-state index in [1.807, 2.05) is 0 Å². The zero-order chi connectivity index (χ0) is 15.4. The number of alkyl halides is 3. The Morgan fingerprint density at radius 1 is 1.40 bits per heavy atom. The Morgan fingerprint density at radius 2 is 2.05 bits per heavy atom. The lowest BCUT2D eigenvalue weighted by molar-refractivity contribution is -0.169. The van der Waals surface area contributed by atoms with E-state index in [0.29, 0.717) is 11.4 Å². The zero-order valence-electron chi connectivity index (χ0n) is 12.0. The number of amides is 1. The van der Waals surface area contributed by atoms with Crippen molar-refractivity contribution in [2.24, 2.45) is 11.3 Å². The summed E-state index contributed by atoms with van der Waals surface area (Å²) in [4.78, 5) is 13.1. The summed E-state index contributed by atoms with van der Waals surface area (Å²) in [5.74, 6) is -0.532. The maximum absolute atomic E-state index is 12.5. The first-order valence-corrected chi connectivity index (χ1v) is 6.86. The predicted molar refractivity (Wildman–Crippen MR) is 69.1 cm³/mol. The van der Waals surface area contributed by atoms with Gasteiger partial charge in [0.1, 0.15) is 6.54 Å². The molecular formula is C13H23F3N2O2. The van der Waals surface area contributed by atoms with Gasteiger partial charge in [0.15, 0.2) is 0 Å². The van der Waals surface area contributed by atoms with Crippen molar-refractivity contribution in [2.75, 3.05) is 32.8 Å². The molecule has 1 aliphatic heterocycles. The first-order valence-electron chi connectivity index (χ1n) is 6.86. The van der Waals surface area contributed by atoms with E-state index in [4.69, 9.17) is 5.11 Å². The van der Waals surface area contributed by atoms with E-state index in [1.54, 1.807) is 13.8 Å². The van der Waals surface area contributed by atoms with Crippen LogP contribution in [-0.2, 0) is 4.79 Å². The van der Waals surface area contributed by atoms with Crippen molar-refractivity contribution in [1.29, 1.82) is 0 Å². The number of hydrogen-bond donors (Lipinski definition) is 2. The molecule has 20 heavy (non-hydrogen) atoms. The molecule has 1 unspecified atom stereocenters. The first kappa shape index (κ1) is 17.2. The molecule has 1 saturated heterocycles. The van der Waals surface area contributed by atoms with Crippen LogP contribution >= 0.6 is 0 Å². The van der Waals surface area contributed by atoms with E-state index >= 15 is 0 Å². The van der Waals surface area contributed by atoms with Gasteiger partial charge in [0.25, 0.3) is 0 Å². The summed E-state index contributed by atoms with van der Waals surface area (Å²) in [5, 5.41) is 12.1.